The Labute approximate surface area is 116 Å². The molecule has 0 bridgehead atoms. The van der Waals surface area contributed by atoms with Crippen molar-refractivity contribution in [3.05, 3.63) is 39.4 Å². The van der Waals surface area contributed by atoms with Crippen LogP contribution in [-0.4, -0.2) is 23.8 Å². The second kappa shape index (κ2) is 4.90. The lowest BCUT2D eigenvalue weighted by molar-refractivity contribution is -0.384. The van der Waals surface area contributed by atoms with E-state index in [1.54, 1.807) is 6.07 Å². The van der Waals surface area contributed by atoms with Gasteiger partial charge in [0.05, 0.1) is 4.92 Å². The Morgan fingerprint density at radius 1 is 1.26 bits per heavy atom. The first kappa shape index (κ1) is 14.0. The molecule has 0 radical (unpaired) electrons. The molecule has 5 nitrogen and oxygen atoms in total. The Bertz CT molecular complexity index is 539. The van der Waals surface area contributed by atoms with Crippen LogP contribution in [0.2, 0.25) is 0 Å². The summed E-state index contributed by atoms with van der Waals surface area (Å²) in [4.78, 5) is 22.8. The monoisotopic (exact) mass is 282 g/mol. The molecule has 0 unspecified atom stereocenters. The zero-order valence-corrected chi connectivity index (χ0v) is 11.2. The third-order valence-electron chi connectivity index (χ3n) is 4.12. The summed E-state index contributed by atoms with van der Waals surface area (Å²) in [6.07, 6.45) is 2.39. The van der Waals surface area contributed by atoms with Gasteiger partial charge in [-0.05, 0) is 37.9 Å². The molecule has 6 heteroatoms. The first-order chi connectivity index (χ1) is 8.62. The summed E-state index contributed by atoms with van der Waals surface area (Å²) in [6.45, 7) is 1.70. The molecule has 1 saturated heterocycles. The SMILES string of the molecule is Cl.O=C1c2cc([N+](=O)[O-])ccc2CC12CCNCC2. The number of nitrogens with one attached hydrogen (secondary N) is 1. The van der Waals surface area contributed by atoms with Crippen LogP contribution in [0.5, 0.6) is 0 Å². The molecule has 102 valence electrons. The third kappa shape index (κ3) is 2.13. The van der Waals surface area contributed by atoms with Crippen LogP contribution in [0.1, 0.15) is 28.8 Å². The molecule has 1 fully saturated rings. The van der Waals surface area contributed by atoms with E-state index in [0.717, 1.165) is 37.9 Å². The minimum atomic E-state index is -0.443. The van der Waals surface area contributed by atoms with E-state index in [0.29, 0.717) is 5.56 Å². The predicted octanol–water partition coefficient (Wildman–Crippen LogP) is 2.13. The van der Waals surface area contributed by atoms with Crippen molar-refractivity contribution in [3.8, 4) is 0 Å². The molecule has 3 rings (SSSR count). The average Bonchev–Trinajstić information content (AvgIpc) is 2.63. The summed E-state index contributed by atoms with van der Waals surface area (Å²) in [7, 11) is 0. The summed E-state index contributed by atoms with van der Waals surface area (Å²) in [6, 6.07) is 4.67. The van der Waals surface area contributed by atoms with E-state index in [9.17, 15) is 14.9 Å². The fraction of sp³-hybridized carbons (Fsp3) is 0.462. The number of ketones is 1. The first-order valence-electron chi connectivity index (χ1n) is 6.15. The highest BCUT2D eigenvalue weighted by Crippen LogP contribution is 2.43. The van der Waals surface area contributed by atoms with Crippen LogP contribution in [0.25, 0.3) is 0 Å². The highest BCUT2D eigenvalue weighted by Gasteiger charge is 2.46. The quantitative estimate of drug-likeness (QED) is 0.633. The summed E-state index contributed by atoms with van der Waals surface area (Å²) < 4.78 is 0. The van der Waals surface area contributed by atoms with Crippen molar-refractivity contribution in [3.63, 3.8) is 0 Å². The lowest BCUT2D eigenvalue weighted by Gasteiger charge is -2.31. The normalized spacial score (nSPS) is 19.9. The van der Waals surface area contributed by atoms with Crippen molar-refractivity contribution in [2.45, 2.75) is 19.3 Å². The molecule has 1 aliphatic carbocycles. The smallest absolute Gasteiger partial charge is 0.270 e. The maximum Gasteiger partial charge on any atom is 0.270 e. The molecule has 1 aromatic carbocycles. The number of benzene rings is 1. The fourth-order valence-electron chi connectivity index (χ4n) is 3.08. The molecule has 0 amide bonds. The highest BCUT2D eigenvalue weighted by atomic mass is 35.5. The standard InChI is InChI=1S/C13H14N2O3.ClH/c16-12-11-7-10(15(17)18)2-1-9(11)8-13(12)3-5-14-6-4-13;/h1-2,7,14H,3-6,8H2;1H. The fourth-order valence-corrected chi connectivity index (χ4v) is 3.08. The zero-order chi connectivity index (χ0) is 12.8. The van der Waals surface area contributed by atoms with Crippen molar-refractivity contribution in [2.24, 2.45) is 5.41 Å². The largest absolute Gasteiger partial charge is 0.317 e. The topological polar surface area (TPSA) is 72.2 Å². The van der Waals surface area contributed by atoms with E-state index >= 15 is 0 Å². The van der Waals surface area contributed by atoms with Gasteiger partial charge in [-0.3, -0.25) is 14.9 Å². The number of nitro groups is 1. The molecule has 0 atom stereocenters. The van der Waals surface area contributed by atoms with Crippen LogP contribution in [-0.2, 0) is 6.42 Å². The van der Waals surface area contributed by atoms with Crippen LogP contribution in [0.3, 0.4) is 0 Å². The number of non-ortho nitro benzene ring substituents is 1. The van der Waals surface area contributed by atoms with Gasteiger partial charge < -0.3 is 5.32 Å². The van der Waals surface area contributed by atoms with E-state index in [2.05, 4.69) is 5.32 Å². The van der Waals surface area contributed by atoms with Crippen LogP contribution in [0, 0.1) is 15.5 Å². The second-order valence-corrected chi connectivity index (χ2v) is 5.13. The number of fused-ring (bicyclic) bond motifs is 1. The molecule has 1 aromatic rings. The maximum atomic E-state index is 12.5. The predicted molar refractivity (Wildman–Crippen MR) is 72.9 cm³/mol. The van der Waals surface area contributed by atoms with Crippen LogP contribution in [0.4, 0.5) is 5.69 Å². The first-order valence-corrected chi connectivity index (χ1v) is 6.15. The molecule has 1 spiro atoms. The molecular weight excluding hydrogens is 268 g/mol. The van der Waals surface area contributed by atoms with Gasteiger partial charge >= 0.3 is 0 Å². The number of hydrogen-bond donors (Lipinski definition) is 1. The maximum absolute atomic E-state index is 12.5. The van der Waals surface area contributed by atoms with Crippen LogP contribution in [0.15, 0.2) is 18.2 Å². The van der Waals surface area contributed by atoms with E-state index in [4.69, 9.17) is 0 Å². The van der Waals surface area contributed by atoms with Gasteiger partial charge in [0, 0.05) is 23.1 Å². The minimum absolute atomic E-state index is 0. The summed E-state index contributed by atoms with van der Waals surface area (Å²) in [5, 5.41) is 14.0. The number of halogens is 1. The molecular formula is C13H15ClN2O3. The highest BCUT2D eigenvalue weighted by molar-refractivity contribution is 6.05. The lowest BCUT2D eigenvalue weighted by atomic mass is 9.75. The Hall–Kier alpha value is -1.46. The van der Waals surface area contributed by atoms with Crippen molar-refractivity contribution < 1.29 is 9.72 Å². The molecule has 1 aliphatic heterocycles. The number of nitro benzene ring substituents is 1. The molecule has 1 N–H and O–H groups in total. The number of hydrogen-bond acceptors (Lipinski definition) is 4. The van der Waals surface area contributed by atoms with Crippen molar-refractivity contribution in [1.82, 2.24) is 5.32 Å². The Kier molecular flexibility index (Phi) is 3.60. The van der Waals surface area contributed by atoms with Gasteiger partial charge in [0.1, 0.15) is 0 Å². The average molecular weight is 283 g/mol. The number of nitrogens with zero attached hydrogens (tertiary/aromatic N) is 1. The van der Waals surface area contributed by atoms with Crippen molar-refractivity contribution in [1.29, 1.82) is 0 Å². The van der Waals surface area contributed by atoms with Crippen LogP contribution < -0.4 is 5.32 Å². The lowest BCUT2D eigenvalue weighted by Crippen LogP contribution is -2.40. The number of piperidine rings is 1. The summed E-state index contributed by atoms with van der Waals surface area (Å²) in [5.74, 6) is 0.0997. The number of Topliss-reactive ketones (excluding diaryl/α,β-unsaturated/α-hetero) is 1. The van der Waals surface area contributed by atoms with Gasteiger partial charge in [0.25, 0.3) is 5.69 Å². The Balaban J connectivity index is 0.00000133. The number of carbonyl (C=O) groups excluding carboxylic acids is 1. The van der Waals surface area contributed by atoms with Gasteiger partial charge in [0.2, 0.25) is 0 Å². The molecule has 2 aliphatic rings. The molecule has 1 heterocycles. The summed E-state index contributed by atoms with van der Waals surface area (Å²) in [5.41, 5.74) is 1.23. The zero-order valence-electron chi connectivity index (χ0n) is 10.3. The van der Waals surface area contributed by atoms with Gasteiger partial charge in [-0.2, -0.15) is 0 Å². The molecule has 19 heavy (non-hydrogen) atoms. The van der Waals surface area contributed by atoms with Gasteiger partial charge in [-0.25, -0.2) is 0 Å². The van der Waals surface area contributed by atoms with Crippen molar-refractivity contribution in [2.75, 3.05) is 13.1 Å². The van der Waals surface area contributed by atoms with Gasteiger partial charge in [0.15, 0.2) is 5.78 Å². The Morgan fingerprint density at radius 3 is 2.58 bits per heavy atom. The Morgan fingerprint density at radius 2 is 1.95 bits per heavy atom. The van der Waals surface area contributed by atoms with Crippen molar-refractivity contribution >= 4 is 23.9 Å². The van der Waals surface area contributed by atoms with E-state index in [-0.39, 0.29) is 29.3 Å². The summed E-state index contributed by atoms with van der Waals surface area (Å²) >= 11 is 0. The van der Waals surface area contributed by atoms with Gasteiger partial charge in [-0.1, -0.05) is 6.07 Å². The van der Waals surface area contributed by atoms with E-state index in [1.165, 1.54) is 12.1 Å². The second-order valence-electron chi connectivity index (χ2n) is 5.13. The minimum Gasteiger partial charge on any atom is -0.317 e. The van der Waals surface area contributed by atoms with E-state index < -0.39 is 4.92 Å². The molecule has 0 aromatic heterocycles. The van der Waals surface area contributed by atoms with Crippen LogP contribution >= 0.6 is 12.4 Å². The van der Waals surface area contributed by atoms with Gasteiger partial charge in [-0.15, -0.1) is 12.4 Å². The number of rotatable bonds is 1. The molecule has 0 saturated carbocycles. The number of carbonyl (C=O) groups is 1. The third-order valence-corrected chi connectivity index (χ3v) is 4.12. The van der Waals surface area contributed by atoms with E-state index in [1.807, 2.05) is 0 Å².